The Morgan fingerprint density at radius 3 is 2.31 bits per heavy atom. The second-order valence-electron chi connectivity index (χ2n) is 8.93. The molecular formula is C25H33N3O3S. The Morgan fingerprint density at radius 1 is 0.938 bits per heavy atom. The smallest absolute Gasteiger partial charge is 0.253 e. The maximum absolute atomic E-state index is 13.3. The van der Waals surface area contributed by atoms with Gasteiger partial charge in [-0.3, -0.25) is 4.79 Å². The van der Waals surface area contributed by atoms with Crippen LogP contribution in [0.5, 0.6) is 0 Å². The van der Waals surface area contributed by atoms with Gasteiger partial charge >= 0.3 is 0 Å². The van der Waals surface area contributed by atoms with Crippen molar-refractivity contribution in [1.29, 1.82) is 0 Å². The average Bonchev–Trinajstić information content (AvgIpc) is 3.34. The van der Waals surface area contributed by atoms with Crippen molar-refractivity contribution in [2.45, 2.75) is 50.5 Å². The second-order valence-corrected chi connectivity index (χ2v) is 10.8. The molecule has 2 aromatic rings. The van der Waals surface area contributed by atoms with E-state index < -0.39 is 10.0 Å². The van der Waals surface area contributed by atoms with Crippen LogP contribution >= 0.6 is 0 Å². The number of para-hydroxylation sites is 1. The predicted octanol–water partition coefficient (Wildman–Crippen LogP) is 4.04. The predicted molar refractivity (Wildman–Crippen MR) is 127 cm³/mol. The fourth-order valence-corrected chi connectivity index (χ4v) is 6.48. The second kappa shape index (κ2) is 9.63. The number of carbonyl (C=O) groups is 1. The number of nitrogens with zero attached hydrogens (tertiary/aromatic N) is 3. The summed E-state index contributed by atoms with van der Waals surface area (Å²) in [6.07, 6.45) is 5.22. The van der Waals surface area contributed by atoms with Crippen LogP contribution in [0.25, 0.3) is 0 Å². The summed E-state index contributed by atoms with van der Waals surface area (Å²) >= 11 is 0. The van der Waals surface area contributed by atoms with Crippen molar-refractivity contribution in [3.63, 3.8) is 0 Å². The van der Waals surface area contributed by atoms with E-state index in [4.69, 9.17) is 0 Å². The van der Waals surface area contributed by atoms with Crippen LogP contribution in [-0.2, 0) is 16.6 Å². The zero-order chi connectivity index (χ0) is 22.7. The first-order chi connectivity index (χ1) is 15.4. The number of sulfonamides is 1. The summed E-state index contributed by atoms with van der Waals surface area (Å²) in [5.74, 6) is -0.170. The zero-order valence-corrected chi connectivity index (χ0v) is 19.9. The summed E-state index contributed by atoms with van der Waals surface area (Å²) in [6.45, 7) is 5.46. The maximum Gasteiger partial charge on any atom is 0.253 e. The van der Waals surface area contributed by atoms with Crippen molar-refractivity contribution in [3.05, 3.63) is 59.2 Å². The van der Waals surface area contributed by atoms with Crippen LogP contribution < -0.4 is 4.90 Å². The first kappa shape index (κ1) is 22.8. The van der Waals surface area contributed by atoms with E-state index in [2.05, 4.69) is 17.0 Å². The Hall–Kier alpha value is -2.38. The van der Waals surface area contributed by atoms with E-state index in [1.807, 2.05) is 12.1 Å². The third-order valence-corrected chi connectivity index (χ3v) is 8.60. The van der Waals surface area contributed by atoms with Gasteiger partial charge in [0, 0.05) is 51.0 Å². The molecule has 2 aromatic carbocycles. The van der Waals surface area contributed by atoms with E-state index in [1.165, 1.54) is 18.5 Å². The number of piperidine rings is 1. The molecule has 0 saturated carbocycles. The molecular weight excluding hydrogens is 422 g/mol. The van der Waals surface area contributed by atoms with Crippen LogP contribution in [0.15, 0.2) is 47.4 Å². The quantitative estimate of drug-likeness (QED) is 0.660. The number of amides is 1. The van der Waals surface area contributed by atoms with Crippen molar-refractivity contribution in [1.82, 2.24) is 9.21 Å². The number of hydrogen-bond donors (Lipinski definition) is 0. The fraction of sp³-hybridized carbons (Fsp3) is 0.480. The van der Waals surface area contributed by atoms with Gasteiger partial charge < -0.3 is 9.80 Å². The molecule has 0 bridgehead atoms. The van der Waals surface area contributed by atoms with Crippen LogP contribution in [0.2, 0.25) is 0 Å². The SMILES string of the molecule is Cc1ccc(C(=O)N(C)Cc2ccccc2N2CCCC2)cc1S(=O)(=O)N1CCCCC1. The van der Waals surface area contributed by atoms with Crippen LogP contribution in [0, 0.1) is 6.92 Å². The Balaban J connectivity index is 1.56. The van der Waals surface area contributed by atoms with Crippen LogP contribution in [-0.4, -0.2) is 56.8 Å². The van der Waals surface area contributed by atoms with Gasteiger partial charge in [0.25, 0.3) is 5.91 Å². The minimum absolute atomic E-state index is 0.170. The normalized spacial score (nSPS) is 17.5. The van der Waals surface area contributed by atoms with E-state index in [9.17, 15) is 13.2 Å². The lowest BCUT2D eigenvalue weighted by Gasteiger charge is -2.27. The molecule has 6 nitrogen and oxygen atoms in total. The van der Waals surface area contributed by atoms with Crippen molar-refractivity contribution in [3.8, 4) is 0 Å². The standard InChI is InChI=1S/C25H33N3O3S/c1-20-12-13-21(18-24(20)32(30,31)28-16-6-3-7-17-28)25(29)26(2)19-22-10-4-5-11-23(22)27-14-8-9-15-27/h4-5,10-13,18H,3,6-9,14-17,19H2,1-2H3. The Labute approximate surface area is 191 Å². The lowest BCUT2D eigenvalue weighted by Crippen LogP contribution is -2.36. The highest BCUT2D eigenvalue weighted by Crippen LogP contribution is 2.27. The number of rotatable bonds is 6. The molecule has 2 saturated heterocycles. The number of benzene rings is 2. The number of aryl methyl sites for hydroxylation is 1. The number of anilines is 1. The van der Waals surface area contributed by atoms with Gasteiger partial charge in [-0.25, -0.2) is 8.42 Å². The van der Waals surface area contributed by atoms with Crippen LogP contribution in [0.4, 0.5) is 5.69 Å². The third kappa shape index (κ3) is 4.69. The Bertz CT molecular complexity index is 1070. The van der Waals surface area contributed by atoms with Gasteiger partial charge in [0.2, 0.25) is 10.0 Å². The minimum atomic E-state index is -3.60. The van der Waals surface area contributed by atoms with Crippen molar-refractivity contribution < 1.29 is 13.2 Å². The van der Waals surface area contributed by atoms with Gasteiger partial charge in [-0.1, -0.05) is 30.7 Å². The van der Waals surface area contributed by atoms with Gasteiger partial charge in [-0.2, -0.15) is 4.31 Å². The monoisotopic (exact) mass is 455 g/mol. The van der Waals surface area contributed by atoms with E-state index in [-0.39, 0.29) is 10.8 Å². The molecule has 7 heteroatoms. The van der Waals surface area contributed by atoms with E-state index in [0.717, 1.165) is 37.9 Å². The first-order valence-electron chi connectivity index (χ1n) is 11.6. The first-order valence-corrected chi connectivity index (χ1v) is 13.0. The fourth-order valence-electron chi connectivity index (χ4n) is 4.71. The largest absolute Gasteiger partial charge is 0.371 e. The lowest BCUT2D eigenvalue weighted by atomic mass is 10.1. The molecule has 4 rings (SSSR count). The third-order valence-electron chi connectivity index (χ3n) is 6.56. The molecule has 32 heavy (non-hydrogen) atoms. The Morgan fingerprint density at radius 2 is 1.59 bits per heavy atom. The summed E-state index contributed by atoms with van der Waals surface area (Å²) in [4.78, 5) is 17.6. The van der Waals surface area contributed by atoms with Gasteiger partial charge in [-0.05, 0) is 61.9 Å². The molecule has 0 N–H and O–H groups in total. The lowest BCUT2D eigenvalue weighted by molar-refractivity contribution is 0.0785. The molecule has 0 spiro atoms. The number of hydrogen-bond acceptors (Lipinski definition) is 4. The molecule has 2 aliphatic rings. The summed E-state index contributed by atoms with van der Waals surface area (Å²) in [5.41, 5.74) is 3.38. The van der Waals surface area contributed by atoms with Crippen molar-refractivity contribution >= 4 is 21.6 Å². The van der Waals surface area contributed by atoms with Gasteiger partial charge in [0.15, 0.2) is 0 Å². The van der Waals surface area contributed by atoms with E-state index >= 15 is 0 Å². The van der Waals surface area contributed by atoms with Crippen LogP contribution in [0.3, 0.4) is 0 Å². The molecule has 0 atom stereocenters. The molecule has 2 heterocycles. The molecule has 0 radical (unpaired) electrons. The summed E-state index contributed by atoms with van der Waals surface area (Å²) in [7, 11) is -1.82. The van der Waals surface area contributed by atoms with Crippen molar-refractivity contribution in [2.75, 3.05) is 38.1 Å². The van der Waals surface area contributed by atoms with E-state index in [1.54, 1.807) is 41.4 Å². The number of carbonyl (C=O) groups excluding carboxylic acids is 1. The Kier molecular flexibility index (Phi) is 6.86. The molecule has 0 aliphatic carbocycles. The van der Waals surface area contributed by atoms with Gasteiger partial charge in [-0.15, -0.1) is 0 Å². The van der Waals surface area contributed by atoms with Gasteiger partial charge in [0.1, 0.15) is 0 Å². The van der Waals surface area contributed by atoms with E-state index in [0.29, 0.717) is 30.8 Å². The summed E-state index contributed by atoms with van der Waals surface area (Å²) in [5, 5.41) is 0. The minimum Gasteiger partial charge on any atom is -0.371 e. The highest BCUT2D eigenvalue weighted by molar-refractivity contribution is 7.89. The van der Waals surface area contributed by atoms with Crippen LogP contribution in [0.1, 0.15) is 53.6 Å². The highest BCUT2D eigenvalue weighted by atomic mass is 32.2. The maximum atomic E-state index is 13.3. The van der Waals surface area contributed by atoms with Gasteiger partial charge in [0.05, 0.1) is 4.90 Å². The summed E-state index contributed by atoms with van der Waals surface area (Å²) in [6, 6.07) is 13.3. The molecule has 2 fully saturated rings. The topological polar surface area (TPSA) is 60.9 Å². The molecule has 0 unspecified atom stereocenters. The molecule has 1 amide bonds. The molecule has 2 aliphatic heterocycles. The highest BCUT2D eigenvalue weighted by Gasteiger charge is 2.28. The zero-order valence-electron chi connectivity index (χ0n) is 19.1. The molecule has 172 valence electrons. The average molecular weight is 456 g/mol. The van der Waals surface area contributed by atoms with Crippen molar-refractivity contribution in [2.24, 2.45) is 0 Å². The summed E-state index contributed by atoms with van der Waals surface area (Å²) < 4.78 is 28.0. The molecule has 0 aromatic heterocycles.